The number of rotatable bonds is 4. The van der Waals surface area contributed by atoms with Crippen molar-refractivity contribution in [3.8, 4) is 0 Å². The Morgan fingerprint density at radius 3 is 2.33 bits per heavy atom. The molecular weight excluding hydrogens is 194 g/mol. The van der Waals surface area contributed by atoms with Crippen molar-refractivity contribution < 1.29 is 9.59 Å². The summed E-state index contributed by atoms with van der Waals surface area (Å²) in [5, 5.41) is 0. The van der Waals surface area contributed by atoms with Gasteiger partial charge in [-0.25, -0.2) is 0 Å². The molecule has 1 aromatic rings. The average Bonchev–Trinajstić information content (AvgIpc) is 2.18. The van der Waals surface area contributed by atoms with E-state index in [0.717, 1.165) is 0 Å². The molecule has 0 atom stereocenters. The molecule has 0 fully saturated rings. The fourth-order valence-electron chi connectivity index (χ4n) is 1.23. The first-order valence-corrected chi connectivity index (χ1v) is 4.33. The van der Waals surface area contributed by atoms with Crippen molar-refractivity contribution in [3.63, 3.8) is 0 Å². The molecule has 0 heterocycles. The quantitative estimate of drug-likeness (QED) is 0.611. The van der Waals surface area contributed by atoms with E-state index in [0.29, 0.717) is 5.56 Å². The molecule has 0 aliphatic heterocycles. The highest BCUT2D eigenvalue weighted by Gasteiger charge is 2.10. The Bertz CT molecular complexity index is 402. The zero-order chi connectivity index (χ0) is 11.4. The van der Waals surface area contributed by atoms with Gasteiger partial charge in [-0.1, -0.05) is 6.07 Å². The molecular formula is C10H12N3O2. The van der Waals surface area contributed by atoms with Gasteiger partial charge in [-0.05, 0) is 24.2 Å². The smallest absolute Gasteiger partial charge is 0.249 e. The van der Waals surface area contributed by atoms with Crippen molar-refractivity contribution in [2.75, 3.05) is 6.54 Å². The van der Waals surface area contributed by atoms with Gasteiger partial charge in [0.15, 0.2) is 0 Å². The minimum Gasteiger partial charge on any atom is -0.366 e. The number of carbonyl (C=O) groups is 2. The molecule has 15 heavy (non-hydrogen) atoms. The topological polar surface area (TPSA) is 112 Å². The van der Waals surface area contributed by atoms with Crippen LogP contribution in [0.4, 0.5) is 0 Å². The maximum atomic E-state index is 11.1. The molecule has 1 rings (SSSR count). The van der Waals surface area contributed by atoms with Crippen LogP contribution in [0.25, 0.3) is 0 Å². The highest BCUT2D eigenvalue weighted by Crippen LogP contribution is 2.13. The Balaban J connectivity index is 3.20. The summed E-state index contributed by atoms with van der Waals surface area (Å²) in [4.78, 5) is 22.0. The Labute approximate surface area is 87.2 Å². The number of hydrogen-bond acceptors (Lipinski definition) is 3. The van der Waals surface area contributed by atoms with Crippen molar-refractivity contribution in [2.45, 2.75) is 0 Å². The molecule has 0 aliphatic carbocycles. The SMILES string of the molecule is NC[CH]c1ccc(C(N)=O)cc1C(N)=O. The van der Waals surface area contributed by atoms with Crippen molar-refractivity contribution >= 4 is 11.8 Å². The summed E-state index contributed by atoms with van der Waals surface area (Å²) >= 11 is 0. The van der Waals surface area contributed by atoms with E-state index in [1.165, 1.54) is 12.1 Å². The summed E-state index contributed by atoms with van der Waals surface area (Å²) < 4.78 is 0. The Morgan fingerprint density at radius 1 is 1.20 bits per heavy atom. The van der Waals surface area contributed by atoms with Gasteiger partial charge in [0, 0.05) is 17.5 Å². The summed E-state index contributed by atoms with van der Waals surface area (Å²) in [5.74, 6) is -1.21. The van der Waals surface area contributed by atoms with Crippen molar-refractivity contribution in [3.05, 3.63) is 41.3 Å². The van der Waals surface area contributed by atoms with E-state index in [2.05, 4.69) is 0 Å². The Kier molecular flexibility index (Phi) is 3.41. The van der Waals surface area contributed by atoms with Gasteiger partial charge in [0.05, 0.1) is 0 Å². The van der Waals surface area contributed by atoms with E-state index in [9.17, 15) is 9.59 Å². The third-order valence-corrected chi connectivity index (χ3v) is 1.94. The molecule has 0 unspecified atom stereocenters. The second-order valence-corrected chi connectivity index (χ2v) is 2.97. The van der Waals surface area contributed by atoms with Crippen LogP contribution in [0, 0.1) is 6.42 Å². The second kappa shape index (κ2) is 4.56. The fraction of sp³-hybridized carbons (Fsp3) is 0.100. The number of amides is 2. The molecule has 2 amide bonds. The third kappa shape index (κ3) is 2.54. The van der Waals surface area contributed by atoms with Crippen LogP contribution in [0.5, 0.6) is 0 Å². The number of benzene rings is 1. The number of primary amides is 2. The van der Waals surface area contributed by atoms with Crippen LogP contribution >= 0.6 is 0 Å². The fourth-order valence-corrected chi connectivity index (χ4v) is 1.23. The molecule has 0 saturated heterocycles. The molecule has 79 valence electrons. The van der Waals surface area contributed by atoms with Gasteiger partial charge in [-0.2, -0.15) is 0 Å². The van der Waals surface area contributed by atoms with Gasteiger partial charge >= 0.3 is 0 Å². The standard InChI is InChI=1S/C10H12N3O2/c11-4-3-6-1-2-7(9(12)14)5-8(6)10(13)15/h1-3,5H,4,11H2,(H2,12,14)(H2,13,15). The first-order valence-electron chi connectivity index (χ1n) is 4.33. The van der Waals surface area contributed by atoms with Gasteiger partial charge in [0.25, 0.3) is 0 Å². The number of carbonyl (C=O) groups excluding carboxylic acids is 2. The normalized spacial score (nSPS) is 9.93. The van der Waals surface area contributed by atoms with Crippen LogP contribution < -0.4 is 17.2 Å². The van der Waals surface area contributed by atoms with E-state index in [1.807, 2.05) is 0 Å². The lowest BCUT2D eigenvalue weighted by Gasteiger charge is -2.06. The third-order valence-electron chi connectivity index (χ3n) is 1.94. The summed E-state index contributed by atoms with van der Waals surface area (Å²) in [5.41, 5.74) is 16.7. The molecule has 1 radical (unpaired) electrons. The minimum atomic E-state index is -0.613. The predicted octanol–water partition coefficient (Wildman–Crippen LogP) is -0.605. The summed E-state index contributed by atoms with van der Waals surface area (Å²) in [6.45, 7) is 0.288. The largest absolute Gasteiger partial charge is 0.366 e. The van der Waals surface area contributed by atoms with E-state index < -0.39 is 11.8 Å². The Morgan fingerprint density at radius 2 is 1.87 bits per heavy atom. The van der Waals surface area contributed by atoms with Gasteiger partial charge < -0.3 is 17.2 Å². The predicted molar refractivity (Wildman–Crippen MR) is 55.9 cm³/mol. The van der Waals surface area contributed by atoms with Gasteiger partial charge in [0.1, 0.15) is 0 Å². The second-order valence-electron chi connectivity index (χ2n) is 2.97. The maximum absolute atomic E-state index is 11.1. The Hall–Kier alpha value is -1.88. The molecule has 1 aromatic carbocycles. The van der Waals surface area contributed by atoms with Crippen molar-refractivity contribution in [1.82, 2.24) is 0 Å². The van der Waals surface area contributed by atoms with Crippen LogP contribution in [0.2, 0.25) is 0 Å². The average molecular weight is 206 g/mol. The molecule has 0 saturated carbocycles. The molecule has 0 aliphatic rings. The summed E-state index contributed by atoms with van der Waals surface area (Å²) in [6.07, 6.45) is 1.64. The highest BCUT2D eigenvalue weighted by atomic mass is 16.1. The molecule has 5 heteroatoms. The number of nitrogens with two attached hydrogens (primary N) is 3. The van der Waals surface area contributed by atoms with Crippen molar-refractivity contribution in [1.29, 1.82) is 0 Å². The van der Waals surface area contributed by atoms with Crippen LogP contribution in [-0.4, -0.2) is 18.4 Å². The molecule has 6 N–H and O–H groups in total. The zero-order valence-corrected chi connectivity index (χ0v) is 8.07. The summed E-state index contributed by atoms with van der Waals surface area (Å²) in [6, 6.07) is 4.48. The molecule has 0 bridgehead atoms. The van der Waals surface area contributed by atoms with Gasteiger partial charge in [0.2, 0.25) is 11.8 Å². The van der Waals surface area contributed by atoms with Crippen LogP contribution in [0.15, 0.2) is 18.2 Å². The van der Waals surface area contributed by atoms with Gasteiger partial charge in [-0.3, -0.25) is 9.59 Å². The monoisotopic (exact) mass is 206 g/mol. The van der Waals surface area contributed by atoms with Gasteiger partial charge in [-0.15, -0.1) is 0 Å². The molecule has 5 nitrogen and oxygen atoms in total. The molecule has 0 aromatic heterocycles. The number of hydrogen-bond donors (Lipinski definition) is 3. The first kappa shape index (κ1) is 11.2. The lowest BCUT2D eigenvalue weighted by atomic mass is 10.0. The van der Waals surface area contributed by atoms with Crippen LogP contribution in [0.1, 0.15) is 26.3 Å². The summed E-state index contributed by atoms with van der Waals surface area (Å²) in [7, 11) is 0. The highest BCUT2D eigenvalue weighted by molar-refractivity contribution is 5.99. The van der Waals surface area contributed by atoms with E-state index >= 15 is 0 Å². The maximum Gasteiger partial charge on any atom is 0.249 e. The molecule has 0 spiro atoms. The minimum absolute atomic E-state index is 0.247. The van der Waals surface area contributed by atoms with E-state index in [1.54, 1.807) is 12.5 Å². The zero-order valence-electron chi connectivity index (χ0n) is 8.07. The lowest BCUT2D eigenvalue weighted by Crippen LogP contribution is -2.18. The van der Waals surface area contributed by atoms with Crippen LogP contribution in [-0.2, 0) is 0 Å². The van der Waals surface area contributed by atoms with E-state index in [4.69, 9.17) is 17.2 Å². The van der Waals surface area contributed by atoms with E-state index in [-0.39, 0.29) is 17.7 Å². The first-order chi connectivity index (χ1) is 7.06. The van der Waals surface area contributed by atoms with Crippen molar-refractivity contribution in [2.24, 2.45) is 17.2 Å². The van der Waals surface area contributed by atoms with Crippen LogP contribution in [0.3, 0.4) is 0 Å². The lowest BCUT2D eigenvalue weighted by molar-refractivity contribution is 0.0998.